The molecule has 1 N–H and O–H groups in total. The summed E-state index contributed by atoms with van der Waals surface area (Å²) in [7, 11) is 0. The van der Waals surface area contributed by atoms with Crippen LogP contribution in [0.4, 0.5) is 0 Å². The molecule has 0 spiro atoms. The predicted octanol–water partition coefficient (Wildman–Crippen LogP) is 2.23. The quantitative estimate of drug-likeness (QED) is 0.605. The summed E-state index contributed by atoms with van der Waals surface area (Å²) in [5, 5.41) is 14.6. The summed E-state index contributed by atoms with van der Waals surface area (Å²) in [6, 6.07) is 6.18. The fraction of sp³-hybridized carbons (Fsp3) is 0.0714. The number of halogens is 1. The molecule has 0 aliphatic heterocycles. The number of furan rings is 1. The molecule has 0 atom stereocenters. The molecule has 0 unspecified atom stereocenters. The minimum Gasteiger partial charge on any atom is -0.441 e. The van der Waals surface area contributed by atoms with Gasteiger partial charge >= 0.3 is 0 Å². The molecule has 0 bridgehead atoms. The zero-order chi connectivity index (χ0) is 16.7. The molecule has 24 heavy (non-hydrogen) atoms. The highest BCUT2D eigenvalue weighted by Gasteiger charge is 2.18. The second-order valence-corrected chi connectivity index (χ2v) is 5.23. The predicted molar refractivity (Wildman–Crippen MR) is 82.7 cm³/mol. The summed E-state index contributed by atoms with van der Waals surface area (Å²) in [6.45, 7) is 1.82. The van der Waals surface area contributed by atoms with E-state index in [1.807, 2.05) is 6.92 Å². The largest absolute Gasteiger partial charge is 0.441 e. The number of aromatic amines is 1. The second kappa shape index (κ2) is 5.46. The van der Waals surface area contributed by atoms with Crippen molar-refractivity contribution >= 4 is 11.6 Å². The number of H-pyrrole nitrogens is 1. The molecule has 0 saturated carbocycles. The van der Waals surface area contributed by atoms with E-state index in [1.54, 1.807) is 29.1 Å². The number of nitrogens with one attached hydrogen (secondary N) is 1. The molecular formula is C14H9ClN6O3. The lowest BCUT2D eigenvalue weighted by Crippen LogP contribution is -2.10. The number of hydrogen-bond acceptors (Lipinski definition) is 7. The van der Waals surface area contributed by atoms with E-state index in [4.69, 9.17) is 20.5 Å². The minimum atomic E-state index is -0.289. The summed E-state index contributed by atoms with van der Waals surface area (Å²) < 4.78 is 12.1. The molecule has 120 valence electrons. The topological polar surface area (TPSA) is 116 Å². The molecule has 0 aliphatic carbocycles. The van der Waals surface area contributed by atoms with E-state index in [0.29, 0.717) is 17.1 Å². The fourth-order valence-corrected chi connectivity index (χ4v) is 2.32. The van der Waals surface area contributed by atoms with Gasteiger partial charge in [-0.15, -0.1) is 0 Å². The zero-order valence-electron chi connectivity index (χ0n) is 12.2. The Morgan fingerprint density at radius 1 is 1.25 bits per heavy atom. The highest BCUT2D eigenvalue weighted by atomic mass is 35.5. The van der Waals surface area contributed by atoms with Crippen molar-refractivity contribution in [3.8, 4) is 28.9 Å². The van der Waals surface area contributed by atoms with Gasteiger partial charge in [-0.1, -0.05) is 5.16 Å². The third-order valence-corrected chi connectivity index (χ3v) is 3.54. The van der Waals surface area contributed by atoms with Crippen molar-refractivity contribution in [2.45, 2.75) is 6.92 Å². The van der Waals surface area contributed by atoms with Crippen molar-refractivity contribution in [1.29, 1.82) is 0 Å². The van der Waals surface area contributed by atoms with Gasteiger partial charge in [0.05, 0.1) is 17.5 Å². The lowest BCUT2D eigenvalue weighted by atomic mass is 10.2. The molecule has 0 saturated heterocycles. The summed E-state index contributed by atoms with van der Waals surface area (Å²) >= 11 is 5.74. The summed E-state index contributed by atoms with van der Waals surface area (Å²) in [5.74, 6) is 1.44. The van der Waals surface area contributed by atoms with Crippen LogP contribution in [-0.2, 0) is 0 Å². The van der Waals surface area contributed by atoms with E-state index in [1.165, 1.54) is 6.07 Å². The average molecular weight is 345 g/mol. The van der Waals surface area contributed by atoms with Crippen molar-refractivity contribution in [1.82, 2.24) is 30.1 Å². The number of rotatable bonds is 3. The van der Waals surface area contributed by atoms with Crippen molar-refractivity contribution in [3.63, 3.8) is 0 Å². The number of nitrogens with zero attached hydrogens (tertiary/aromatic N) is 5. The molecule has 0 fully saturated rings. The molecule has 4 heterocycles. The van der Waals surface area contributed by atoms with Gasteiger partial charge in [0.25, 0.3) is 11.4 Å². The van der Waals surface area contributed by atoms with Gasteiger partial charge in [-0.05, 0) is 36.7 Å². The monoisotopic (exact) mass is 344 g/mol. The Hall–Kier alpha value is -3.20. The summed E-state index contributed by atoms with van der Waals surface area (Å²) in [6.07, 6.45) is 1.58. The van der Waals surface area contributed by atoms with Crippen LogP contribution in [0.3, 0.4) is 0 Å². The molecule has 4 aromatic heterocycles. The van der Waals surface area contributed by atoms with Gasteiger partial charge in [0.15, 0.2) is 16.8 Å². The maximum atomic E-state index is 11.1. The molecule has 4 aromatic rings. The van der Waals surface area contributed by atoms with Crippen LogP contribution < -0.4 is 5.56 Å². The molecule has 0 radical (unpaired) electrons. The molecular weight excluding hydrogens is 336 g/mol. The van der Waals surface area contributed by atoms with E-state index in [-0.39, 0.29) is 22.5 Å². The van der Waals surface area contributed by atoms with Crippen LogP contribution in [0.15, 0.2) is 44.2 Å². The fourth-order valence-electron chi connectivity index (χ4n) is 2.17. The summed E-state index contributed by atoms with van der Waals surface area (Å²) in [5.41, 5.74) is 1.07. The van der Waals surface area contributed by atoms with Crippen LogP contribution in [-0.4, -0.2) is 30.1 Å². The van der Waals surface area contributed by atoms with E-state index in [0.717, 1.165) is 5.69 Å². The highest BCUT2D eigenvalue weighted by molar-refractivity contribution is 6.28. The van der Waals surface area contributed by atoms with E-state index in [9.17, 15) is 4.79 Å². The number of aromatic nitrogens is 6. The van der Waals surface area contributed by atoms with Gasteiger partial charge in [-0.2, -0.15) is 15.2 Å². The molecule has 9 nitrogen and oxygen atoms in total. The maximum absolute atomic E-state index is 11.1. The molecule has 10 heteroatoms. The third-order valence-electron chi connectivity index (χ3n) is 3.34. The van der Waals surface area contributed by atoms with Gasteiger partial charge in [-0.25, -0.2) is 9.78 Å². The SMILES string of the molecule is Cc1c(-c2nc(-c3ccc(Cl)o3)no2)cnn1-c1ccc(=O)[nH]n1. The third kappa shape index (κ3) is 2.40. The number of hydrogen-bond donors (Lipinski definition) is 1. The lowest BCUT2D eigenvalue weighted by Gasteiger charge is -2.01. The molecule has 0 aliphatic rings. The van der Waals surface area contributed by atoms with Crippen LogP contribution >= 0.6 is 11.6 Å². The highest BCUT2D eigenvalue weighted by Crippen LogP contribution is 2.27. The molecule has 0 amide bonds. The minimum absolute atomic E-state index is 0.240. The van der Waals surface area contributed by atoms with E-state index in [2.05, 4.69) is 25.4 Å². The first-order chi connectivity index (χ1) is 11.6. The Kier molecular flexibility index (Phi) is 3.28. The van der Waals surface area contributed by atoms with Crippen LogP contribution in [0, 0.1) is 6.92 Å². The van der Waals surface area contributed by atoms with Crippen LogP contribution in [0.5, 0.6) is 0 Å². The van der Waals surface area contributed by atoms with Gasteiger partial charge in [0, 0.05) is 6.07 Å². The Morgan fingerprint density at radius 2 is 2.12 bits per heavy atom. The standard InChI is InChI=1S/C14H9ClN6O3/c1-7-8(6-16-21(7)11-4-5-12(22)19-18-11)14-17-13(20-24-14)9-2-3-10(15)23-9/h2-6H,1H3,(H,19,22). The van der Waals surface area contributed by atoms with E-state index >= 15 is 0 Å². The van der Waals surface area contributed by atoms with Crippen molar-refractivity contribution in [2.75, 3.05) is 0 Å². The lowest BCUT2D eigenvalue weighted by molar-refractivity contribution is 0.429. The zero-order valence-corrected chi connectivity index (χ0v) is 13.0. The van der Waals surface area contributed by atoms with Crippen molar-refractivity contribution < 1.29 is 8.94 Å². The maximum Gasteiger partial charge on any atom is 0.264 e. The Morgan fingerprint density at radius 3 is 2.83 bits per heavy atom. The van der Waals surface area contributed by atoms with Gasteiger partial charge in [0.2, 0.25) is 5.82 Å². The Labute approximate surface area is 138 Å². The van der Waals surface area contributed by atoms with Crippen molar-refractivity contribution in [3.05, 3.63) is 51.7 Å². The van der Waals surface area contributed by atoms with Crippen LogP contribution in [0.2, 0.25) is 5.22 Å². The first-order valence-electron chi connectivity index (χ1n) is 6.82. The first kappa shape index (κ1) is 14.4. The Balaban J connectivity index is 1.72. The van der Waals surface area contributed by atoms with Crippen molar-refractivity contribution in [2.24, 2.45) is 0 Å². The van der Waals surface area contributed by atoms with Gasteiger partial charge in [0.1, 0.15) is 0 Å². The second-order valence-electron chi connectivity index (χ2n) is 4.86. The smallest absolute Gasteiger partial charge is 0.264 e. The average Bonchev–Trinajstić information content (AvgIpc) is 3.28. The van der Waals surface area contributed by atoms with Gasteiger partial charge < -0.3 is 8.94 Å². The van der Waals surface area contributed by atoms with Crippen LogP contribution in [0.25, 0.3) is 28.9 Å². The molecule has 0 aromatic carbocycles. The summed E-state index contributed by atoms with van der Waals surface area (Å²) in [4.78, 5) is 15.4. The molecule has 4 rings (SSSR count). The Bertz CT molecular complexity index is 1060. The van der Waals surface area contributed by atoms with Crippen LogP contribution in [0.1, 0.15) is 5.69 Å². The normalized spacial score (nSPS) is 11.1. The van der Waals surface area contributed by atoms with Gasteiger partial charge in [-0.3, -0.25) is 4.79 Å². The first-order valence-corrected chi connectivity index (χ1v) is 7.20. The van der Waals surface area contributed by atoms with E-state index < -0.39 is 0 Å².